The molecule has 5 aromatic heterocycles. The van der Waals surface area contributed by atoms with Crippen LogP contribution in [0.2, 0.25) is 0 Å². The van der Waals surface area contributed by atoms with Gasteiger partial charge in [0, 0.05) is 61.4 Å². The zero-order chi connectivity index (χ0) is 50.3. The fraction of sp³-hybridized carbons (Fsp3) is 0.193. The predicted octanol–water partition coefficient (Wildman–Crippen LogP) is 9.54. The van der Waals surface area contributed by atoms with Crippen LogP contribution in [-0.4, -0.2) is 63.6 Å². The first-order valence-electron chi connectivity index (χ1n) is 24.3. The number of nitrogens with zero attached hydrogens (tertiary/aromatic N) is 8. The summed E-state index contributed by atoms with van der Waals surface area (Å²) in [5.41, 5.74) is 14.7. The molecule has 0 saturated heterocycles. The monoisotopic (exact) mass is 970 g/mol. The highest BCUT2D eigenvalue weighted by atomic mass is 19.1. The van der Waals surface area contributed by atoms with Crippen LogP contribution in [0.4, 0.5) is 21.8 Å². The number of amides is 3. The molecule has 5 heterocycles. The van der Waals surface area contributed by atoms with Gasteiger partial charge in [-0.3, -0.25) is 24.4 Å². The Morgan fingerprint density at radius 2 is 1.26 bits per heavy atom. The van der Waals surface area contributed by atoms with Gasteiger partial charge in [0.05, 0.1) is 39.5 Å². The number of carbonyl (C=O) groups excluding carboxylic acids is 3. The Kier molecular flexibility index (Phi) is 12.1. The van der Waals surface area contributed by atoms with Crippen molar-refractivity contribution >= 4 is 35.2 Å². The smallest absolute Gasteiger partial charge is 0.237 e. The summed E-state index contributed by atoms with van der Waals surface area (Å²) in [6.45, 7) is 4.02. The van der Waals surface area contributed by atoms with Crippen LogP contribution in [0, 0.1) is 19.7 Å². The minimum atomic E-state index is -1.03. The van der Waals surface area contributed by atoms with Crippen LogP contribution in [0.1, 0.15) is 66.1 Å². The minimum absolute atomic E-state index is 0.0580. The van der Waals surface area contributed by atoms with Crippen LogP contribution < -0.4 is 21.7 Å². The number of aryl methyl sites for hydroxylation is 2. The molecular formula is C57H51FN12O3. The number of hydrogen-bond acceptors (Lipinski definition) is 9. The summed E-state index contributed by atoms with van der Waals surface area (Å²) in [4.78, 5) is 49.4. The van der Waals surface area contributed by atoms with Crippen molar-refractivity contribution in [2.75, 3.05) is 22.5 Å². The van der Waals surface area contributed by atoms with Crippen molar-refractivity contribution in [3.63, 3.8) is 0 Å². The molecule has 9 aromatic rings. The van der Waals surface area contributed by atoms with Gasteiger partial charge in [0.1, 0.15) is 5.82 Å². The summed E-state index contributed by atoms with van der Waals surface area (Å²) >= 11 is 0. The Balaban J connectivity index is 0.727. The number of pyridine rings is 2. The van der Waals surface area contributed by atoms with E-state index in [0.717, 1.165) is 81.0 Å². The van der Waals surface area contributed by atoms with E-state index in [1.54, 1.807) is 50.8 Å². The Morgan fingerprint density at radius 1 is 0.616 bits per heavy atom. The van der Waals surface area contributed by atoms with Gasteiger partial charge in [0.2, 0.25) is 17.7 Å². The second kappa shape index (κ2) is 19.0. The van der Waals surface area contributed by atoms with Crippen molar-refractivity contribution in [3.05, 3.63) is 198 Å². The largest absolute Gasteiger partial charge is 0.329 e. The number of halogens is 1. The summed E-state index contributed by atoms with van der Waals surface area (Å²) in [5.74, 6) is -0.565. The van der Waals surface area contributed by atoms with E-state index in [9.17, 15) is 18.8 Å². The molecule has 1 unspecified atom stereocenters. The molecular weight excluding hydrogens is 920 g/mol. The molecule has 0 radical (unpaired) electrons. The Hall–Kier alpha value is -8.89. The van der Waals surface area contributed by atoms with Crippen molar-refractivity contribution in [1.82, 2.24) is 39.3 Å². The zero-order valence-corrected chi connectivity index (χ0v) is 40.2. The van der Waals surface area contributed by atoms with Gasteiger partial charge in [-0.1, -0.05) is 73.2 Å². The van der Waals surface area contributed by atoms with Gasteiger partial charge in [0.15, 0.2) is 17.5 Å². The molecule has 2 fully saturated rings. The second-order valence-corrected chi connectivity index (χ2v) is 18.9. The highest BCUT2D eigenvalue weighted by Crippen LogP contribution is 2.51. The van der Waals surface area contributed by atoms with Crippen LogP contribution in [0.5, 0.6) is 0 Å². The number of carbonyl (C=O) groups is 3. The number of rotatable bonds is 15. The Morgan fingerprint density at radius 3 is 1.93 bits per heavy atom. The topological polar surface area (TPSA) is 193 Å². The molecule has 15 nitrogen and oxygen atoms in total. The first-order chi connectivity index (χ1) is 35.5. The third-order valence-corrected chi connectivity index (χ3v) is 14.2. The number of benzene rings is 4. The van der Waals surface area contributed by atoms with Crippen molar-refractivity contribution in [3.8, 4) is 39.3 Å². The van der Waals surface area contributed by atoms with Crippen LogP contribution >= 0.6 is 0 Å². The minimum Gasteiger partial charge on any atom is -0.329 e. The second-order valence-electron chi connectivity index (χ2n) is 18.9. The summed E-state index contributed by atoms with van der Waals surface area (Å²) < 4.78 is 20.0. The molecule has 1 atom stereocenters. The van der Waals surface area contributed by atoms with E-state index in [1.807, 2.05) is 98.0 Å². The molecule has 4 aromatic carbocycles. The maximum absolute atomic E-state index is 14.8. The van der Waals surface area contributed by atoms with Gasteiger partial charge in [-0.2, -0.15) is 10.2 Å². The summed E-state index contributed by atoms with van der Waals surface area (Å²) in [6, 6.07) is 41.7. The maximum Gasteiger partial charge on any atom is 0.237 e. The van der Waals surface area contributed by atoms with Crippen LogP contribution in [0.3, 0.4) is 0 Å². The highest BCUT2D eigenvalue weighted by molar-refractivity contribution is 6.01. The first-order valence-corrected chi connectivity index (χ1v) is 24.3. The van der Waals surface area contributed by atoms with Crippen molar-refractivity contribution in [2.45, 2.75) is 62.7 Å². The van der Waals surface area contributed by atoms with E-state index in [4.69, 9.17) is 10.8 Å². The van der Waals surface area contributed by atoms with Crippen LogP contribution in [0.25, 0.3) is 39.3 Å². The van der Waals surface area contributed by atoms with E-state index in [0.29, 0.717) is 30.3 Å². The average Bonchev–Trinajstić information content (AvgIpc) is 3.62. The average molecular weight is 971 g/mol. The molecule has 16 heteroatoms. The normalized spacial score (nSPS) is 14.7. The van der Waals surface area contributed by atoms with E-state index in [1.165, 1.54) is 18.3 Å². The van der Waals surface area contributed by atoms with E-state index in [2.05, 4.69) is 61.2 Å². The summed E-state index contributed by atoms with van der Waals surface area (Å²) in [5, 5.41) is 22.9. The third kappa shape index (κ3) is 8.97. The molecule has 73 heavy (non-hydrogen) atoms. The van der Waals surface area contributed by atoms with E-state index >= 15 is 0 Å². The van der Waals surface area contributed by atoms with Gasteiger partial charge in [-0.15, -0.1) is 5.10 Å². The lowest BCUT2D eigenvalue weighted by molar-refractivity contribution is -0.125. The summed E-state index contributed by atoms with van der Waals surface area (Å²) in [6.07, 6.45) is 11.9. The number of anilines is 3. The lowest BCUT2D eigenvalue weighted by atomic mass is 9.65. The number of aromatic nitrogens is 8. The molecule has 0 bridgehead atoms. The molecule has 3 amide bonds. The van der Waals surface area contributed by atoms with Gasteiger partial charge in [0.25, 0.3) is 0 Å². The number of nitrogens with one attached hydrogen (secondary N) is 3. The zero-order valence-electron chi connectivity index (χ0n) is 40.2. The molecule has 5 N–H and O–H groups in total. The van der Waals surface area contributed by atoms with Crippen LogP contribution in [-0.2, 0) is 25.2 Å². The molecule has 2 saturated carbocycles. The standard InChI is InChI=1S/C57H51FN12O3/c1-36-31-41(14-17-47(36)56(24-25-56)54(72)63-50-21-30-69(66-50)44-18-27-60-28-19-44)38-12-15-43(16-13-38)68-29-20-49(65-68)62-53(71)46(35-59)42-9-3-7-39(33-42)40-8-4-10-45(34-40)70-37(2)32-51(67-70)64-55(73)57(22-6-23-57)52-48(58)11-5-26-61-52/h3-5,7-21,26-34,46H,6,22-25,35,59H2,1-2H3,(H,62,65,71)(H,63,66,72)(H,64,67,73). The Bertz CT molecular complexity index is 3540. The van der Waals surface area contributed by atoms with Crippen molar-refractivity contribution in [2.24, 2.45) is 5.73 Å². The quantitative estimate of drug-likeness (QED) is 0.0775. The third-order valence-electron chi connectivity index (χ3n) is 14.2. The SMILES string of the molecule is Cc1cc(-c2ccc(-n3ccc(NC(=O)C(CN)c4cccc(-c5cccc(-n6nc(NC(=O)C7(c8ncccc8F)CCC7)cc6C)c5)c4)n3)cc2)ccc1C1(C(=O)Nc2ccn(-c3ccncc3)n2)CC1. The fourth-order valence-electron chi connectivity index (χ4n) is 9.96. The number of nitrogens with two attached hydrogens (primary N) is 1. The lowest BCUT2D eigenvalue weighted by Crippen LogP contribution is -2.47. The van der Waals surface area contributed by atoms with Gasteiger partial charge < -0.3 is 21.7 Å². The van der Waals surface area contributed by atoms with E-state index in [-0.39, 0.29) is 30.0 Å². The molecule has 2 aliphatic carbocycles. The fourth-order valence-corrected chi connectivity index (χ4v) is 9.96. The van der Waals surface area contributed by atoms with Crippen molar-refractivity contribution in [1.29, 1.82) is 0 Å². The lowest BCUT2D eigenvalue weighted by Gasteiger charge is -2.39. The van der Waals surface area contributed by atoms with Crippen molar-refractivity contribution < 1.29 is 18.8 Å². The van der Waals surface area contributed by atoms with Gasteiger partial charge in [-0.05, 0) is 127 Å². The molecule has 364 valence electrons. The first kappa shape index (κ1) is 46.5. The maximum atomic E-state index is 14.8. The molecule has 0 aliphatic heterocycles. The summed E-state index contributed by atoms with van der Waals surface area (Å²) in [7, 11) is 0. The Labute approximate surface area is 420 Å². The molecule has 0 spiro atoms. The number of hydrogen-bond donors (Lipinski definition) is 4. The van der Waals surface area contributed by atoms with Gasteiger partial charge >= 0.3 is 0 Å². The van der Waals surface area contributed by atoms with Gasteiger partial charge in [-0.25, -0.2) is 18.4 Å². The van der Waals surface area contributed by atoms with Crippen LogP contribution in [0.15, 0.2) is 164 Å². The molecule has 2 aliphatic rings. The highest BCUT2D eigenvalue weighted by Gasteiger charge is 2.52. The molecule has 11 rings (SSSR count). The van der Waals surface area contributed by atoms with E-state index < -0.39 is 22.6 Å². The predicted molar refractivity (Wildman–Crippen MR) is 277 cm³/mol.